The van der Waals surface area contributed by atoms with Gasteiger partial charge in [-0.3, -0.25) is 0 Å². The number of nitrogens with one attached hydrogen (secondary N) is 1. The van der Waals surface area contributed by atoms with Crippen molar-refractivity contribution in [2.75, 3.05) is 18.5 Å². The van der Waals surface area contributed by atoms with Gasteiger partial charge in [0.2, 0.25) is 0 Å². The summed E-state index contributed by atoms with van der Waals surface area (Å²) in [7, 11) is 0. The number of hydrogen-bond donors (Lipinski definition) is 1. The Balaban J connectivity index is 2.55. The average Bonchev–Trinajstić information content (AvgIpc) is 2.39. The molecule has 0 atom stereocenters. The first-order valence-electron chi connectivity index (χ1n) is 4.76. The van der Waals surface area contributed by atoms with Gasteiger partial charge in [0.1, 0.15) is 5.56 Å². The van der Waals surface area contributed by atoms with Gasteiger partial charge in [0, 0.05) is 11.6 Å². The van der Waals surface area contributed by atoms with Crippen LogP contribution in [-0.2, 0) is 6.18 Å². The monoisotopic (exact) mass is 251 g/mol. The first-order valence-corrected chi connectivity index (χ1v) is 5.13. The second-order valence-corrected chi connectivity index (χ2v) is 3.89. The summed E-state index contributed by atoms with van der Waals surface area (Å²) in [5.41, 5.74) is -0.526. The lowest BCUT2D eigenvalue weighted by atomic mass is 10.1. The maximum Gasteiger partial charge on any atom is 0.420 e. The quantitative estimate of drug-likeness (QED) is 0.761. The van der Waals surface area contributed by atoms with E-state index in [1.54, 1.807) is 0 Å². The third-order valence-electron chi connectivity index (χ3n) is 2.24. The molecule has 0 aliphatic carbocycles. The molecule has 6 heteroatoms. The first kappa shape index (κ1) is 11.4. The molecule has 0 saturated heterocycles. The summed E-state index contributed by atoms with van der Waals surface area (Å²) >= 11 is 5.65. The predicted octanol–water partition coefficient (Wildman–Crippen LogP) is 3.55. The van der Waals surface area contributed by atoms with Crippen molar-refractivity contribution in [1.29, 1.82) is 0 Å². The van der Waals surface area contributed by atoms with Crippen molar-refractivity contribution in [1.82, 2.24) is 0 Å². The minimum absolute atomic E-state index is 0.0454. The highest BCUT2D eigenvalue weighted by atomic mass is 35.5. The summed E-state index contributed by atoms with van der Waals surface area (Å²) in [4.78, 5) is 0. The van der Waals surface area contributed by atoms with E-state index in [1.165, 1.54) is 6.07 Å². The van der Waals surface area contributed by atoms with Crippen molar-refractivity contribution in [3.8, 4) is 5.75 Å². The minimum Gasteiger partial charge on any atom is -0.491 e. The number of anilines is 1. The van der Waals surface area contributed by atoms with Crippen LogP contribution >= 0.6 is 11.6 Å². The topological polar surface area (TPSA) is 21.3 Å². The SMILES string of the molecule is FC(F)(F)c1cc(Cl)cc2c1OCCCN2. The zero-order valence-electron chi connectivity index (χ0n) is 8.20. The summed E-state index contributed by atoms with van der Waals surface area (Å²) < 4.78 is 43.3. The van der Waals surface area contributed by atoms with Crippen LogP contribution in [0.15, 0.2) is 12.1 Å². The van der Waals surface area contributed by atoms with E-state index in [0.717, 1.165) is 6.07 Å². The first-order chi connectivity index (χ1) is 7.48. The molecule has 1 aromatic rings. The van der Waals surface area contributed by atoms with Crippen molar-refractivity contribution in [3.05, 3.63) is 22.7 Å². The van der Waals surface area contributed by atoms with Crippen LogP contribution in [0.1, 0.15) is 12.0 Å². The third kappa shape index (κ3) is 2.19. The van der Waals surface area contributed by atoms with Crippen molar-refractivity contribution in [2.24, 2.45) is 0 Å². The number of benzene rings is 1. The van der Waals surface area contributed by atoms with Crippen molar-refractivity contribution in [3.63, 3.8) is 0 Å². The molecule has 0 saturated carbocycles. The second-order valence-electron chi connectivity index (χ2n) is 3.46. The van der Waals surface area contributed by atoms with Gasteiger partial charge in [-0.1, -0.05) is 11.6 Å². The van der Waals surface area contributed by atoms with E-state index in [-0.39, 0.29) is 17.4 Å². The fourth-order valence-corrected chi connectivity index (χ4v) is 1.78. The molecule has 0 spiro atoms. The number of fused-ring (bicyclic) bond motifs is 1. The maximum atomic E-state index is 12.7. The van der Waals surface area contributed by atoms with Crippen molar-refractivity contribution in [2.45, 2.75) is 12.6 Å². The van der Waals surface area contributed by atoms with E-state index in [9.17, 15) is 13.2 Å². The summed E-state index contributed by atoms with van der Waals surface area (Å²) in [6.07, 6.45) is -3.80. The highest BCUT2D eigenvalue weighted by Gasteiger charge is 2.36. The standard InChI is InChI=1S/C10H9ClF3NO/c11-6-4-7(10(12,13)14)9-8(5-6)15-2-1-3-16-9/h4-5,15H,1-3H2. The van der Waals surface area contributed by atoms with Gasteiger partial charge in [0.25, 0.3) is 0 Å². The van der Waals surface area contributed by atoms with Gasteiger partial charge >= 0.3 is 6.18 Å². The maximum absolute atomic E-state index is 12.7. The molecule has 1 aliphatic rings. The molecule has 88 valence electrons. The van der Waals surface area contributed by atoms with Gasteiger partial charge < -0.3 is 10.1 Å². The van der Waals surface area contributed by atoms with E-state index in [1.807, 2.05) is 0 Å². The molecule has 0 radical (unpaired) electrons. The van der Waals surface area contributed by atoms with Crippen LogP contribution in [0.4, 0.5) is 18.9 Å². The molecule has 0 bridgehead atoms. The van der Waals surface area contributed by atoms with Crippen molar-refractivity contribution >= 4 is 17.3 Å². The zero-order chi connectivity index (χ0) is 11.8. The van der Waals surface area contributed by atoms with Crippen LogP contribution in [0.25, 0.3) is 0 Å². The van der Waals surface area contributed by atoms with Gasteiger partial charge in [-0.05, 0) is 18.6 Å². The number of ether oxygens (including phenoxy) is 1. The Bertz CT molecular complexity index is 406. The molecule has 0 unspecified atom stereocenters. The second kappa shape index (κ2) is 4.05. The fourth-order valence-electron chi connectivity index (χ4n) is 1.56. The average molecular weight is 252 g/mol. The van der Waals surface area contributed by atoms with Crippen LogP contribution in [0.5, 0.6) is 5.75 Å². The van der Waals surface area contributed by atoms with Crippen LogP contribution in [-0.4, -0.2) is 13.2 Å². The number of alkyl halides is 3. The Labute approximate surface area is 95.3 Å². The summed E-state index contributed by atoms with van der Waals surface area (Å²) in [5, 5.41) is 2.91. The Morgan fingerprint density at radius 2 is 2.06 bits per heavy atom. The van der Waals surface area contributed by atoms with Crippen molar-refractivity contribution < 1.29 is 17.9 Å². The molecule has 16 heavy (non-hydrogen) atoms. The van der Waals surface area contributed by atoms with Gasteiger partial charge in [0.05, 0.1) is 12.3 Å². The Hall–Kier alpha value is -1.10. The van der Waals surface area contributed by atoms with Crippen LogP contribution in [0.2, 0.25) is 5.02 Å². The summed E-state index contributed by atoms with van der Waals surface area (Å²) in [6.45, 7) is 0.843. The van der Waals surface area contributed by atoms with Gasteiger partial charge in [-0.2, -0.15) is 13.2 Å². The Kier molecular flexibility index (Phi) is 2.88. The summed E-state index contributed by atoms with van der Waals surface area (Å²) in [6, 6.07) is 2.32. The highest BCUT2D eigenvalue weighted by Crippen LogP contribution is 2.43. The smallest absolute Gasteiger partial charge is 0.420 e. The minimum atomic E-state index is -4.46. The Morgan fingerprint density at radius 1 is 1.31 bits per heavy atom. The molecule has 1 aliphatic heterocycles. The molecular formula is C10H9ClF3NO. The zero-order valence-corrected chi connectivity index (χ0v) is 8.95. The normalized spacial score (nSPS) is 15.8. The molecule has 0 amide bonds. The van der Waals surface area contributed by atoms with Gasteiger partial charge in [-0.15, -0.1) is 0 Å². The third-order valence-corrected chi connectivity index (χ3v) is 2.46. The predicted molar refractivity (Wildman–Crippen MR) is 55.1 cm³/mol. The number of rotatable bonds is 0. The highest BCUT2D eigenvalue weighted by molar-refractivity contribution is 6.31. The molecule has 1 aromatic carbocycles. The van der Waals surface area contributed by atoms with Crippen LogP contribution in [0, 0.1) is 0 Å². The fraction of sp³-hybridized carbons (Fsp3) is 0.400. The lowest BCUT2D eigenvalue weighted by Crippen LogP contribution is -2.09. The van der Waals surface area contributed by atoms with E-state index in [0.29, 0.717) is 18.7 Å². The number of halogens is 4. The van der Waals surface area contributed by atoms with Crippen LogP contribution in [0.3, 0.4) is 0 Å². The van der Waals surface area contributed by atoms with Crippen LogP contribution < -0.4 is 10.1 Å². The van der Waals surface area contributed by atoms with Gasteiger partial charge in [-0.25, -0.2) is 0 Å². The molecule has 1 heterocycles. The van der Waals surface area contributed by atoms with E-state index in [4.69, 9.17) is 16.3 Å². The van der Waals surface area contributed by atoms with E-state index < -0.39 is 11.7 Å². The Morgan fingerprint density at radius 3 is 2.75 bits per heavy atom. The van der Waals surface area contributed by atoms with E-state index in [2.05, 4.69) is 5.32 Å². The molecule has 2 nitrogen and oxygen atoms in total. The molecule has 1 N–H and O–H groups in total. The lowest BCUT2D eigenvalue weighted by Gasteiger charge is -2.15. The van der Waals surface area contributed by atoms with E-state index >= 15 is 0 Å². The number of hydrogen-bond acceptors (Lipinski definition) is 2. The van der Waals surface area contributed by atoms with Gasteiger partial charge in [0.15, 0.2) is 5.75 Å². The largest absolute Gasteiger partial charge is 0.491 e. The molecule has 0 fully saturated rings. The molecule has 2 rings (SSSR count). The lowest BCUT2D eigenvalue weighted by molar-refractivity contribution is -0.138. The molecule has 0 aromatic heterocycles. The molecular weight excluding hydrogens is 243 g/mol. The summed E-state index contributed by atoms with van der Waals surface area (Å²) in [5.74, 6) is -0.158.